The molecule has 0 aromatic carbocycles. The maximum absolute atomic E-state index is 11.8. The Labute approximate surface area is 194 Å². The van der Waals surface area contributed by atoms with Crippen molar-refractivity contribution < 1.29 is 38.3 Å². The largest absolute Gasteiger partial charge is 0.469 e. The first-order chi connectivity index (χ1) is 15.4. The van der Waals surface area contributed by atoms with Gasteiger partial charge in [-0.15, -0.1) is 0 Å². The highest BCUT2D eigenvalue weighted by Crippen LogP contribution is 2.35. The first kappa shape index (κ1) is 31.2. The summed E-state index contributed by atoms with van der Waals surface area (Å²) in [4.78, 5) is 29.3. The van der Waals surface area contributed by atoms with E-state index in [0.29, 0.717) is 6.42 Å². The minimum absolute atomic E-state index is 0.0407. The lowest BCUT2D eigenvalue weighted by Crippen LogP contribution is -2.28. The van der Waals surface area contributed by atoms with Crippen molar-refractivity contribution in [3.8, 4) is 0 Å². The normalized spacial score (nSPS) is 13.0. The second kappa shape index (κ2) is 22.1. The number of hydrogen-bond acceptors (Lipinski definition) is 6. The van der Waals surface area contributed by atoms with E-state index in [1.165, 1.54) is 51.4 Å². The monoisotopic (exact) mass is 480 g/mol. The van der Waals surface area contributed by atoms with Crippen LogP contribution in [0.3, 0.4) is 0 Å². The number of esters is 1. The van der Waals surface area contributed by atoms with Crippen molar-refractivity contribution in [2.24, 2.45) is 0 Å². The molecule has 0 aliphatic carbocycles. The van der Waals surface area contributed by atoms with Crippen LogP contribution in [0.4, 0.5) is 0 Å². The Balaban J connectivity index is 3.63. The number of aliphatic hydroxyl groups is 1. The van der Waals surface area contributed by atoms with Crippen LogP contribution in [0.5, 0.6) is 0 Å². The van der Waals surface area contributed by atoms with Crippen LogP contribution in [0.15, 0.2) is 12.2 Å². The number of unbranched alkanes of at least 4 members (excludes halogenated alkanes) is 11. The minimum Gasteiger partial charge on any atom is -0.463 e. The molecule has 0 bridgehead atoms. The van der Waals surface area contributed by atoms with Gasteiger partial charge < -0.3 is 24.4 Å². The van der Waals surface area contributed by atoms with Crippen molar-refractivity contribution in [3.05, 3.63) is 12.2 Å². The quantitative estimate of drug-likeness (QED) is 0.0803. The van der Waals surface area contributed by atoms with Crippen LogP contribution in [-0.2, 0) is 23.4 Å². The number of ether oxygens (including phenoxy) is 2. The molecule has 0 radical (unpaired) electrons. The van der Waals surface area contributed by atoms with Crippen molar-refractivity contribution in [3.63, 3.8) is 0 Å². The molecule has 190 valence electrons. The molecule has 0 aromatic rings. The topological polar surface area (TPSA) is 123 Å². The van der Waals surface area contributed by atoms with Gasteiger partial charge in [-0.2, -0.15) is 0 Å². The highest BCUT2D eigenvalue weighted by atomic mass is 31.2. The highest BCUT2D eigenvalue weighted by molar-refractivity contribution is 7.46. The molecule has 8 nitrogen and oxygen atoms in total. The zero-order valence-corrected chi connectivity index (χ0v) is 20.7. The predicted molar refractivity (Wildman–Crippen MR) is 125 cm³/mol. The van der Waals surface area contributed by atoms with E-state index in [-0.39, 0.29) is 25.8 Å². The third-order valence-corrected chi connectivity index (χ3v) is 5.43. The minimum atomic E-state index is -4.63. The molecular weight excluding hydrogens is 435 g/mol. The fraction of sp³-hybridized carbons (Fsp3) is 0.870. The number of phosphoric ester groups is 1. The molecule has 0 amide bonds. The average Bonchev–Trinajstić information content (AvgIpc) is 2.75. The van der Waals surface area contributed by atoms with Gasteiger partial charge in [0.15, 0.2) is 0 Å². The van der Waals surface area contributed by atoms with Gasteiger partial charge >= 0.3 is 13.8 Å². The molecule has 0 fully saturated rings. The molecule has 0 aliphatic heterocycles. The van der Waals surface area contributed by atoms with Crippen molar-refractivity contribution in [2.45, 2.75) is 103 Å². The maximum Gasteiger partial charge on any atom is 0.469 e. The Morgan fingerprint density at radius 1 is 0.875 bits per heavy atom. The SMILES string of the molecule is CCCCCCCC/C=C\CCCCCCCC(=O)OC[C@H](COP(=O)(O)O)OCCO. The molecule has 0 heterocycles. The molecule has 3 N–H and O–H groups in total. The molecule has 0 saturated heterocycles. The van der Waals surface area contributed by atoms with E-state index in [2.05, 4.69) is 23.6 Å². The third kappa shape index (κ3) is 23.9. The second-order valence-corrected chi connectivity index (χ2v) is 9.26. The Morgan fingerprint density at radius 3 is 2.00 bits per heavy atom. The van der Waals surface area contributed by atoms with Gasteiger partial charge in [0.05, 0.1) is 19.8 Å². The summed E-state index contributed by atoms with van der Waals surface area (Å²) in [6.07, 6.45) is 19.5. The fourth-order valence-electron chi connectivity index (χ4n) is 3.14. The van der Waals surface area contributed by atoms with E-state index < -0.39 is 20.5 Å². The number of phosphoric acid groups is 1. The fourth-order valence-corrected chi connectivity index (χ4v) is 3.50. The molecule has 1 atom stereocenters. The highest BCUT2D eigenvalue weighted by Gasteiger charge is 2.20. The molecule has 0 spiro atoms. The standard InChI is InChI=1S/C23H45O8P/c1-2-3-4-5-6-7-8-9-10-11-12-13-14-15-16-17-23(25)30-20-22(29-19-18-24)21-31-32(26,27)28/h9-10,22,24H,2-8,11-21H2,1H3,(H2,26,27,28)/b10-9-/t22-/m1/s1. The number of allylic oxidation sites excluding steroid dienone is 2. The summed E-state index contributed by atoms with van der Waals surface area (Å²) in [5.41, 5.74) is 0. The Hall–Kier alpha value is -0.760. The van der Waals surface area contributed by atoms with Gasteiger partial charge in [0.25, 0.3) is 0 Å². The summed E-state index contributed by atoms with van der Waals surface area (Å²) in [7, 11) is -4.63. The van der Waals surface area contributed by atoms with Crippen LogP contribution in [0, 0.1) is 0 Å². The summed E-state index contributed by atoms with van der Waals surface area (Å²) >= 11 is 0. The number of carbonyl (C=O) groups excluding carboxylic acids is 1. The van der Waals surface area contributed by atoms with Gasteiger partial charge in [0, 0.05) is 6.42 Å². The summed E-state index contributed by atoms with van der Waals surface area (Å²) in [6.45, 7) is 1.34. The lowest BCUT2D eigenvalue weighted by atomic mass is 10.1. The van der Waals surface area contributed by atoms with E-state index in [1.807, 2.05) is 0 Å². The molecule has 32 heavy (non-hydrogen) atoms. The lowest BCUT2D eigenvalue weighted by Gasteiger charge is -2.17. The molecule has 0 aromatic heterocycles. The number of rotatable bonds is 23. The Kier molecular flexibility index (Phi) is 21.5. The maximum atomic E-state index is 11.8. The molecule has 9 heteroatoms. The molecule has 0 unspecified atom stereocenters. The molecule has 0 rings (SSSR count). The van der Waals surface area contributed by atoms with Gasteiger partial charge in [0.2, 0.25) is 0 Å². The van der Waals surface area contributed by atoms with Gasteiger partial charge in [-0.25, -0.2) is 4.57 Å². The summed E-state index contributed by atoms with van der Waals surface area (Å²) in [6, 6.07) is 0. The molecule has 0 saturated carbocycles. The Bertz CT molecular complexity index is 506. The van der Waals surface area contributed by atoms with Gasteiger partial charge in [-0.1, -0.05) is 70.4 Å². The zero-order valence-electron chi connectivity index (χ0n) is 19.8. The van der Waals surface area contributed by atoms with Crippen LogP contribution in [0.2, 0.25) is 0 Å². The van der Waals surface area contributed by atoms with Crippen molar-refractivity contribution >= 4 is 13.8 Å². The lowest BCUT2D eigenvalue weighted by molar-refractivity contribution is -0.149. The van der Waals surface area contributed by atoms with Gasteiger partial charge in [-0.3, -0.25) is 9.32 Å². The summed E-state index contributed by atoms with van der Waals surface area (Å²) < 4.78 is 25.4. The number of hydrogen-bond donors (Lipinski definition) is 3. The first-order valence-electron chi connectivity index (χ1n) is 12.1. The molecule has 0 aliphatic rings. The van der Waals surface area contributed by atoms with Crippen LogP contribution in [0.25, 0.3) is 0 Å². The van der Waals surface area contributed by atoms with E-state index in [9.17, 15) is 9.36 Å². The van der Waals surface area contributed by atoms with E-state index in [1.54, 1.807) is 0 Å². The zero-order chi connectivity index (χ0) is 23.9. The first-order valence-corrected chi connectivity index (χ1v) is 13.6. The van der Waals surface area contributed by atoms with Crippen LogP contribution in [0.1, 0.15) is 96.8 Å². The van der Waals surface area contributed by atoms with Crippen molar-refractivity contribution in [1.29, 1.82) is 0 Å². The van der Waals surface area contributed by atoms with E-state index >= 15 is 0 Å². The predicted octanol–water partition coefficient (Wildman–Crippen LogP) is 5.05. The summed E-state index contributed by atoms with van der Waals surface area (Å²) in [5.74, 6) is -0.378. The Morgan fingerprint density at radius 2 is 1.44 bits per heavy atom. The smallest absolute Gasteiger partial charge is 0.463 e. The van der Waals surface area contributed by atoms with E-state index in [0.717, 1.165) is 32.1 Å². The number of carbonyl (C=O) groups is 1. The van der Waals surface area contributed by atoms with E-state index in [4.69, 9.17) is 24.4 Å². The summed E-state index contributed by atoms with van der Waals surface area (Å²) in [5, 5.41) is 8.79. The third-order valence-electron chi connectivity index (χ3n) is 4.95. The van der Waals surface area contributed by atoms with Crippen molar-refractivity contribution in [1.82, 2.24) is 0 Å². The van der Waals surface area contributed by atoms with Crippen LogP contribution < -0.4 is 0 Å². The van der Waals surface area contributed by atoms with Crippen molar-refractivity contribution in [2.75, 3.05) is 26.4 Å². The second-order valence-electron chi connectivity index (χ2n) is 8.02. The number of aliphatic hydroxyl groups excluding tert-OH is 1. The van der Waals surface area contributed by atoms with Gasteiger partial charge in [-0.05, 0) is 32.1 Å². The molecular formula is C23H45O8P. The van der Waals surface area contributed by atoms with Crippen LogP contribution in [-0.4, -0.2) is 53.4 Å². The average molecular weight is 481 g/mol. The van der Waals surface area contributed by atoms with Gasteiger partial charge in [0.1, 0.15) is 12.7 Å². The van der Waals surface area contributed by atoms with Crippen LogP contribution >= 0.6 is 7.82 Å².